The Morgan fingerprint density at radius 2 is 2.13 bits per heavy atom. The van der Waals surface area contributed by atoms with Crippen LogP contribution >= 0.6 is 11.6 Å². The van der Waals surface area contributed by atoms with E-state index in [0.29, 0.717) is 11.1 Å². The van der Waals surface area contributed by atoms with Crippen LogP contribution < -0.4 is 5.32 Å². The van der Waals surface area contributed by atoms with E-state index in [2.05, 4.69) is 17.1 Å². The van der Waals surface area contributed by atoms with Gasteiger partial charge >= 0.3 is 0 Å². The van der Waals surface area contributed by atoms with Crippen molar-refractivity contribution in [3.05, 3.63) is 34.9 Å². The summed E-state index contributed by atoms with van der Waals surface area (Å²) in [4.78, 5) is 17.6. The highest BCUT2D eigenvalue weighted by molar-refractivity contribution is 6.30. The number of benzene rings is 1. The molecule has 1 N–H and O–H groups in total. The van der Waals surface area contributed by atoms with Gasteiger partial charge in [-0.15, -0.1) is 0 Å². The van der Waals surface area contributed by atoms with E-state index in [1.54, 1.807) is 0 Å². The highest BCUT2D eigenvalue weighted by Crippen LogP contribution is 2.30. The number of nitrogens with zero attached hydrogens (tertiary/aromatic N) is 2. The van der Waals surface area contributed by atoms with Crippen LogP contribution in [0.15, 0.2) is 24.3 Å². The van der Waals surface area contributed by atoms with Crippen LogP contribution in [0.5, 0.6) is 0 Å². The van der Waals surface area contributed by atoms with Gasteiger partial charge in [-0.1, -0.05) is 30.7 Å². The third-order valence-corrected chi connectivity index (χ3v) is 5.25. The number of likely N-dealkylation sites (tertiary alicyclic amines) is 1. The average molecular weight is 336 g/mol. The fourth-order valence-electron chi connectivity index (χ4n) is 3.76. The second kappa shape index (κ2) is 7.65. The van der Waals surface area contributed by atoms with E-state index in [9.17, 15) is 4.79 Å². The van der Waals surface area contributed by atoms with Gasteiger partial charge in [0, 0.05) is 43.8 Å². The predicted molar refractivity (Wildman–Crippen MR) is 93.7 cm³/mol. The normalized spacial score (nSPS) is 23.9. The molecule has 1 amide bonds. The van der Waals surface area contributed by atoms with Gasteiger partial charge in [0.1, 0.15) is 6.04 Å². The quantitative estimate of drug-likeness (QED) is 0.919. The summed E-state index contributed by atoms with van der Waals surface area (Å²) in [5.41, 5.74) is 1.02. The molecule has 0 aromatic heterocycles. The van der Waals surface area contributed by atoms with Crippen molar-refractivity contribution >= 4 is 17.5 Å². The Kier molecular flexibility index (Phi) is 5.57. The van der Waals surface area contributed by atoms with Crippen LogP contribution in [0.1, 0.15) is 37.8 Å². The number of nitrogens with one attached hydrogen (secondary N) is 1. The van der Waals surface area contributed by atoms with Crippen LogP contribution in [0, 0.1) is 0 Å². The maximum Gasteiger partial charge on any atom is 0.244 e. The topological polar surface area (TPSA) is 35.6 Å². The van der Waals surface area contributed by atoms with Crippen LogP contribution in [0.2, 0.25) is 5.02 Å². The molecule has 126 valence electrons. The summed E-state index contributed by atoms with van der Waals surface area (Å²) in [6.07, 6.45) is 3.27. The standard InChI is InChI=1S/C18H26ClN3O/c1-2-16-13-20-8-11-22(16)17(14-6-5-7-15(19)12-14)18(23)21-9-3-4-10-21/h5-7,12,16-17,20H,2-4,8-11,13H2,1H3. The zero-order chi connectivity index (χ0) is 16.2. The van der Waals surface area contributed by atoms with Gasteiger partial charge in [0.05, 0.1) is 0 Å². The predicted octanol–water partition coefficient (Wildman–Crippen LogP) is 2.69. The number of amides is 1. The molecular formula is C18H26ClN3O. The first-order valence-electron chi connectivity index (χ1n) is 8.71. The molecule has 2 heterocycles. The van der Waals surface area contributed by atoms with Gasteiger partial charge in [0.2, 0.25) is 5.91 Å². The summed E-state index contributed by atoms with van der Waals surface area (Å²) >= 11 is 6.21. The monoisotopic (exact) mass is 335 g/mol. The number of halogens is 1. The fraction of sp³-hybridized carbons (Fsp3) is 0.611. The van der Waals surface area contributed by atoms with Crippen molar-refractivity contribution < 1.29 is 4.79 Å². The minimum absolute atomic E-state index is 0.209. The van der Waals surface area contributed by atoms with Gasteiger partial charge in [0.25, 0.3) is 0 Å². The van der Waals surface area contributed by atoms with Gasteiger partial charge in [-0.05, 0) is 37.0 Å². The number of piperazine rings is 1. The summed E-state index contributed by atoms with van der Waals surface area (Å²) in [6, 6.07) is 8.00. The highest BCUT2D eigenvalue weighted by Gasteiger charge is 2.36. The lowest BCUT2D eigenvalue weighted by Crippen LogP contribution is -2.55. The molecule has 1 aromatic rings. The Labute approximate surface area is 143 Å². The lowest BCUT2D eigenvalue weighted by atomic mass is 9.99. The van der Waals surface area contributed by atoms with Gasteiger partial charge in [0.15, 0.2) is 0 Å². The molecule has 2 unspecified atom stereocenters. The summed E-state index contributed by atoms with van der Waals surface area (Å²) < 4.78 is 0. The second-order valence-corrected chi connectivity index (χ2v) is 6.93. The molecule has 3 rings (SSSR count). The van der Waals surface area contributed by atoms with E-state index in [0.717, 1.165) is 57.5 Å². The van der Waals surface area contributed by atoms with Gasteiger partial charge in [-0.25, -0.2) is 0 Å². The minimum Gasteiger partial charge on any atom is -0.341 e. The summed E-state index contributed by atoms with van der Waals surface area (Å²) in [5.74, 6) is 0.241. The van der Waals surface area contributed by atoms with Crippen molar-refractivity contribution in [2.45, 2.75) is 38.3 Å². The maximum atomic E-state index is 13.2. The molecule has 0 aliphatic carbocycles. The molecule has 1 aromatic carbocycles. The van der Waals surface area contributed by atoms with Gasteiger partial charge in [-0.3, -0.25) is 9.69 Å². The molecule has 2 aliphatic heterocycles. The molecule has 5 heteroatoms. The largest absolute Gasteiger partial charge is 0.341 e. The number of hydrogen-bond acceptors (Lipinski definition) is 3. The number of carbonyl (C=O) groups is 1. The van der Waals surface area contributed by atoms with Gasteiger partial charge < -0.3 is 10.2 Å². The summed E-state index contributed by atoms with van der Waals surface area (Å²) in [5, 5.41) is 4.15. The van der Waals surface area contributed by atoms with E-state index in [-0.39, 0.29) is 11.9 Å². The lowest BCUT2D eigenvalue weighted by Gasteiger charge is -2.41. The molecule has 2 fully saturated rings. The average Bonchev–Trinajstić information content (AvgIpc) is 3.10. The Morgan fingerprint density at radius 1 is 1.35 bits per heavy atom. The molecule has 2 aliphatic rings. The molecule has 23 heavy (non-hydrogen) atoms. The van der Waals surface area contributed by atoms with Crippen LogP contribution in [0.4, 0.5) is 0 Å². The Hall–Kier alpha value is -1.10. The summed E-state index contributed by atoms with van der Waals surface area (Å²) in [6.45, 7) is 6.74. The fourth-order valence-corrected chi connectivity index (χ4v) is 3.96. The lowest BCUT2D eigenvalue weighted by molar-refractivity contribution is -0.137. The molecule has 0 bridgehead atoms. The Balaban J connectivity index is 1.93. The van der Waals surface area contributed by atoms with Crippen molar-refractivity contribution in [1.29, 1.82) is 0 Å². The SMILES string of the molecule is CCC1CNCCN1C(C(=O)N1CCCC1)c1cccc(Cl)c1. The molecule has 0 radical (unpaired) electrons. The first kappa shape index (κ1) is 16.7. The molecule has 0 saturated carbocycles. The van der Waals surface area contributed by atoms with Crippen molar-refractivity contribution in [2.24, 2.45) is 0 Å². The molecular weight excluding hydrogens is 310 g/mol. The highest BCUT2D eigenvalue weighted by atomic mass is 35.5. The van der Waals surface area contributed by atoms with Gasteiger partial charge in [-0.2, -0.15) is 0 Å². The summed E-state index contributed by atoms with van der Waals surface area (Å²) in [7, 11) is 0. The van der Waals surface area contributed by atoms with E-state index >= 15 is 0 Å². The van der Waals surface area contributed by atoms with Crippen molar-refractivity contribution in [2.75, 3.05) is 32.7 Å². The van der Waals surface area contributed by atoms with Crippen molar-refractivity contribution in [1.82, 2.24) is 15.1 Å². The van der Waals surface area contributed by atoms with Crippen LogP contribution in [0.3, 0.4) is 0 Å². The smallest absolute Gasteiger partial charge is 0.244 e. The number of rotatable bonds is 4. The Morgan fingerprint density at radius 3 is 2.83 bits per heavy atom. The van der Waals surface area contributed by atoms with Crippen LogP contribution in [0.25, 0.3) is 0 Å². The molecule has 4 nitrogen and oxygen atoms in total. The minimum atomic E-state index is -0.209. The zero-order valence-corrected chi connectivity index (χ0v) is 14.6. The number of hydrogen-bond donors (Lipinski definition) is 1. The molecule has 2 atom stereocenters. The second-order valence-electron chi connectivity index (χ2n) is 6.49. The van der Waals surface area contributed by atoms with E-state index in [4.69, 9.17) is 11.6 Å². The first-order valence-corrected chi connectivity index (χ1v) is 9.09. The van der Waals surface area contributed by atoms with Crippen molar-refractivity contribution in [3.8, 4) is 0 Å². The van der Waals surface area contributed by atoms with Crippen molar-refractivity contribution in [3.63, 3.8) is 0 Å². The molecule has 2 saturated heterocycles. The van der Waals surface area contributed by atoms with E-state index in [1.807, 2.05) is 29.2 Å². The van der Waals surface area contributed by atoms with E-state index < -0.39 is 0 Å². The van der Waals surface area contributed by atoms with Crippen LogP contribution in [-0.2, 0) is 4.79 Å². The number of carbonyl (C=O) groups excluding carboxylic acids is 1. The zero-order valence-electron chi connectivity index (χ0n) is 13.8. The van der Waals surface area contributed by atoms with Crippen LogP contribution in [-0.4, -0.2) is 54.5 Å². The Bertz CT molecular complexity index is 545. The first-order chi connectivity index (χ1) is 11.2. The maximum absolute atomic E-state index is 13.2. The molecule has 0 spiro atoms. The third-order valence-electron chi connectivity index (χ3n) is 5.01. The van der Waals surface area contributed by atoms with E-state index in [1.165, 1.54) is 0 Å². The third kappa shape index (κ3) is 3.70.